The predicted octanol–water partition coefficient (Wildman–Crippen LogP) is 1.01. The average Bonchev–Trinajstić information content (AvgIpc) is 2.50. The zero-order chi connectivity index (χ0) is 16.6. The highest BCUT2D eigenvalue weighted by Gasteiger charge is 2.27. The number of rotatable bonds is 2. The highest BCUT2D eigenvalue weighted by atomic mass is 16.3. The first-order valence-corrected chi connectivity index (χ1v) is 7.55. The Morgan fingerprint density at radius 2 is 2.13 bits per heavy atom. The van der Waals surface area contributed by atoms with Crippen molar-refractivity contribution >= 4 is 5.91 Å². The molecule has 1 unspecified atom stereocenters. The van der Waals surface area contributed by atoms with Crippen molar-refractivity contribution in [2.24, 2.45) is 0 Å². The van der Waals surface area contributed by atoms with Crippen LogP contribution in [0.5, 0.6) is 0 Å². The summed E-state index contributed by atoms with van der Waals surface area (Å²) >= 11 is 0. The zero-order valence-electron chi connectivity index (χ0n) is 13.2. The molecule has 0 fully saturated rings. The highest BCUT2D eigenvalue weighted by Crippen LogP contribution is 2.26. The Morgan fingerprint density at radius 1 is 1.39 bits per heavy atom. The van der Waals surface area contributed by atoms with E-state index in [-0.39, 0.29) is 24.4 Å². The first-order chi connectivity index (χ1) is 11.0. The lowest BCUT2D eigenvalue weighted by Crippen LogP contribution is -2.40. The van der Waals surface area contributed by atoms with E-state index in [2.05, 4.69) is 9.97 Å². The van der Waals surface area contributed by atoms with Crippen molar-refractivity contribution in [3.8, 4) is 0 Å². The molecule has 2 N–H and O–H groups in total. The predicted molar refractivity (Wildman–Crippen MR) is 84.9 cm³/mol. The molecule has 120 valence electrons. The van der Waals surface area contributed by atoms with Gasteiger partial charge >= 0.3 is 0 Å². The van der Waals surface area contributed by atoms with Crippen LogP contribution in [0.15, 0.2) is 29.1 Å². The Balaban J connectivity index is 1.82. The number of β-amino-alcohol motifs (C(OH)–C–C–N with tert-alkyl or cyclic N) is 1. The van der Waals surface area contributed by atoms with E-state index in [1.807, 2.05) is 24.3 Å². The molecule has 3 rings (SSSR count). The van der Waals surface area contributed by atoms with E-state index < -0.39 is 6.10 Å². The molecule has 0 spiro atoms. The van der Waals surface area contributed by atoms with Crippen LogP contribution >= 0.6 is 0 Å². The average molecular weight is 313 g/mol. The number of nitrogens with one attached hydrogen (secondary N) is 1. The molecule has 1 aliphatic heterocycles. The van der Waals surface area contributed by atoms with Gasteiger partial charge in [0.15, 0.2) is 0 Å². The van der Waals surface area contributed by atoms with Crippen molar-refractivity contribution in [1.29, 1.82) is 0 Å². The van der Waals surface area contributed by atoms with Gasteiger partial charge in [-0.2, -0.15) is 0 Å². The number of H-pyrrole nitrogens is 1. The minimum Gasteiger partial charge on any atom is -0.387 e. The Bertz CT molecular complexity index is 813. The van der Waals surface area contributed by atoms with Crippen LogP contribution in [0.25, 0.3) is 0 Å². The Morgan fingerprint density at radius 3 is 2.87 bits per heavy atom. The normalized spacial score (nSPS) is 17.0. The molecule has 0 radical (unpaired) electrons. The number of aromatic amines is 1. The molecule has 0 saturated heterocycles. The van der Waals surface area contributed by atoms with Gasteiger partial charge in [0.1, 0.15) is 5.82 Å². The summed E-state index contributed by atoms with van der Waals surface area (Å²) in [5, 5.41) is 10.2. The third-order valence-electron chi connectivity index (χ3n) is 4.19. The van der Waals surface area contributed by atoms with Gasteiger partial charge < -0.3 is 15.0 Å². The molecular formula is C17H19N3O3. The summed E-state index contributed by atoms with van der Waals surface area (Å²) in [5.41, 5.74) is 2.47. The van der Waals surface area contributed by atoms with Crippen molar-refractivity contribution < 1.29 is 9.90 Å². The molecule has 0 saturated carbocycles. The summed E-state index contributed by atoms with van der Waals surface area (Å²) in [6.45, 7) is 4.12. The highest BCUT2D eigenvalue weighted by molar-refractivity contribution is 5.79. The number of aliphatic hydroxyl groups excluding tert-OH is 1. The fraction of sp³-hybridized carbons (Fsp3) is 0.353. The summed E-state index contributed by atoms with van der Waals surface area (Å²) < 4.78 is 0. The van der Waals surface area contributed by atoms with E-state index >= 15 is 0 Å². The molecule has 0 bridgehead atoms. The molecular weight excluding hydrogens is 294 g/mol. The van der Waals surface area contributed by atoms with Crippen LogP contribution < -0.4 is 5.56 Å². The van der Waals surface area contributed by atoms with Gasteiger partial charge in [0.25, 0.3) is 5.56 Å². The van der Waals surface area contributed by atoms with Crippen LogP contribution in [-0.4, -0.2) is 32.4 Å². The molecule has 6 heteroatoms. The van der Waals surface area contributed by atoms with Gasteiger partial charge in [-0.25, -0.2) is 4.98 Å². The van der Waals surface area contributed by atoms with E-state index in [0.717, 1.165) is 11.1 Å². The lowest BCUT2D eigenvalue weighted by molar-refractivity contribution is -0.133. The molecule has 1 aromatic carbocycles. The largest absolute Gasteiger partial charge is 0.387 e. The second-order valence-corrected chi connectivity index (χ2v) is 5.88. The number of benzene rings is 1. The number of aromatic nitrogens is 2. The number of hydrogen-bond acceptors (Lipinski definition) is 4. The molecule has 2 aromatic rings. The number of amides is 1. The summed E-state index contributed by atoms with van der Waals surface area (Å²) in [5.74, 6) is 0.351. The zero-order valence-corrected chi connectivity index (χ0v) is 13.2. The third kappa shape index (κ3) is 3.03. The van der Waals surface area contributed by atoms with Crippen LogP contribution in [0.4, 0.5) is 0 Å². The van der Waals surface area contributed by atoms with Gasteiger partial charge in [-0.15, -0.1) is 0 Å². The molecule has 0 aliphatic carbocycles. The van der Waals surface area contributed by atoms with Crippen molar-refractivity contribution in [2.45, 2.75) is 32.9 Å². The SMILES string of the molecule is Cc1nc(C)c(CC(=O)N2Cc3ccccc3C(O)C2)c(=O)[nH]1. The number of aliphatic hydroxyl groups is 1. The maximum Gasteiger partial charge on any atom is 0.254 e. The van der Waals surface area contributed by atoms with E-state index in [1.54, 1.807) is 18.7 Å². The van der Waals surface area contributed by atoms with Crippen LogP contribution in [-0.2, 0) is 17.8 Å². The molecule has 1 aromatic heterocycles. The summed E-state index contributed by atoms with van der Waals surface area (Å²) in [4.78, 5) is 33.0. The van der Waals surface area contributed by atoms with Gasteiger partial charge in [0.05, 0.1) is 19.1 Å². The van der Waals surface area contributed by atoms with Gasteiger partial charge in [-0.05, 0) is 25.0 Å². The van der Waals surface area contributed by atoms with E-state index in [0.29, 0.717) is 23.6 Å². The van der Waals surface area contributed by atoms with Gasteiger partial charge in [-0.3, -0.25) is 9.59 Å². The molecule has 23 heavy (non-hydrogen) atoms. The summed E-state index contributed by atoms with van der Waals surface area (Å²) in [7, 11) is 0. The van der Waals surface area contributed by atoms with Gasteiger partial charge in [0.2, 0.25) is 5.91 Å². The lowest BCUT2D eigenvalue weighted by Gasteiger charge is -2.32. The minimum absolute atomic E-state index is 0.0106. The smallest absolute Gasteiger partial charge is 0.254 e. The van der Waals surface area contributed by atoms with E-state index in [9.17, 15) is 14.7 Å². The number of carbonyl (C=O) groups excluding carboxylic acids is 1. The maximum absolute atomic E-state index is 12.5. The summed E-state index contributed by atoms with van der Waals surface area (Å²) in [6.07, 6.45) is -0.706. The molecule has 6 nitrogen and oxygen atoms in total. The second kappa shape index (κ2) is 5.96. The standard InChI is InChI=1S/C17H19N3O3/c1-10-14(17(23)19-11(2)18-10)7-16(22)20-8-12-5-3-4-6-13(12)15(21)9-20/h3-6,15,21H,7-9H2,1-2H3,(H,18,19,23). The van der Waals surface area contributed by atoms with Crippen LogP contribution in [0.1, 0.15) is 34.3 Å². The first kappa shape index (κ1) is 15.4. The van der Waals surface area contributed by atoms with Crippen LogP contribution in [0, 0.1) is 13.8 Å². The molecule has 1 atom stereocenters. The Hall–Kier alpha value is -2.47. The minimum atomic E-state index is -0.695. The van der Waals surface area contributed by atoms with E-state index in [1.165, 1.54) is 0 Å². The lowest BCUT2D eigenvalue weighted by atomic mass is 9.97. The number of hydrogen-bond donors (Lipinski definition) is 2. The number of nitrogens with zero attached hydrogens (tertiary/aromatic N) is 2. The van der Waals surface area contributed by atoms with Crippen LogP contribution in [0.3, 0.4) is 0 Å². The second-order valence-electron chi connectivity index (χ2n) is 5.88. The Kier molecular flexibility index (Phi) is 4.00. The topological polar surface area (TPSA) is 86.3 Å². The quantitative estimate of drug-likeness (QED) is 0.866. The Labute approximate surface area is 133 Å². The summed E-state index contributed by atoms with van der Waals surface area (Å²) in [6, 6.07) is 7.54. The van der Waals surface area contributed by atoms with Crippen LogP contribution in [0.2, 0.25) is 0 Å². The van der Waals surface area contributed by atoms with Gasteiger partial charge in [-0.1, -0.05) is 24.3 Å². The van der Waals surface area contributed by atoms with E-state index in [4.69, 9.17) is 0 Å². The maximum atomic E-state index is 12.5. The van der Waals surface area contributed by atoms with Gasteiger partial charge in [0, 0.05) is 17.8 Å². The first-order valence-electron chi connectivity index (χ1n) is 7.55. The van der Waals surface area contributed by atoms with Crippen molar-refractivity contribution in [1.82, 2.24) is 14.9 Å². The fourth-order valence-electron chi connectivity index (χ4n) is 2.99. The van der Waals surface area contributed by atoms with Crippen molar-refractivity contribution in [3.63, 3.8) is 0 Å². The molecule has 1 amide bonds. The molecule has 2 heterocycles. The van der Waals surface area contributed by atoms with Crippen molar-refractivity contribution in [3.05, 3.63) is 62.8 Å². The monoisotopic (exact) mass is 313 g/mol. The number of carbonyl (C=O) groups is 1. The number of fused-ring (bicyclic) bond motifs is 1. The molecule has 1 aliphatic rings. The van der Waals surface area contributed by atoms with Crippen molar-refractivity contribution in [2.75, 3.05) is 6.54 Å². The fourth-order valence-corrected chi connectivity index (χ4v) is 2.99. The number of aryl methyl sites for hydroxylation is 2. The third-order valence-corrected chi connectivity index (χ3v) is 4.19.